The average Bonchev–Trinajstić information content (AvgIpc) is 3.25. The van der Waals surface area contributed by atoms with E-state index in [1.54, 1.807) is 6.07 Å². The molecule has 1 aliphatic rings. The van der Waals surface area contributed by atoms with Crippen LogP contribution in [0.15, 0.2) is 30.5 Å². The number of rotatable bonds is 5. The zero-order chi connectivity index (χ0) is 19.8. The van der Waals surface area contributed by atoms with Gasteiger partial charge >= 0.3 is 5.97 Å². The number of carbonyl (C=O) groups is 2. The van der Waals surface area contributed by atoms with Gasteiger partial charge in [-0.2, -0.15) is 0 Å². The average molecular weight is 399 g/mol. The fourth-order valence-corrected chi connectivity index (χ4v) is 3.95. The van der Waals surface area contributed by atoms with Gasteiger partial charge in [-0.05, 0) is 61.6 Å². The smallest absolute Gasteiger partial charge is 0.312 e. The van der Waals surface area contributed by atoms with Crippen LogP contribution < -0.4 is 10.1 Å². The van der Waals surface area contributed by atoms with Crippen molar-refractivity contribution in [3.8, 4) is 11.5 Å². The zero-order valence-corrected chi connectivity index (χ0v) is 16.0. The highest BCUT2D eigenvalue weighted by Gasteiger charge is 2.24. The van der Waals surface area contributed by atoms with E-state index in [4.69, 9.17) is 21.4 Å². The first-order valence-corrected chi connectivity index (χ1v) is 9.41. The van der Waals surface area contributed by atoms with Crippen molar-refractivity contribution >= 4 is 40.1 Å². The minimum Gasteiger partial charge on any atom is -0.481 e. The highest BCUT2D eigenvalue weighted by Crippen LogP contribution is 2.43. The normalized spacial score (nSPS) is 12.8. The number of aromatic nitrogens is 1. The van der Waals surface area contributed by atoms with E-state index in [1.165, 1.54) is 0 Å². The van der Waals surface area contributed by atoms with Crippen molar-refractivity contribution in [2.75, 3.05) is 5.32 Å². The number of ether oxygens (including phenoxy) is 1. The Bertz CT molecular complexity index is 1100. The Hall–Kier alpha value is -2.99. The predicted molar refractivity (Wildman–Crippen MR) is 107 cm³/mol. The van der Waals surface area contributed by atoms with Crippen LogP contribution >= 0.6 is 11.6 Å². The zero-order valence-electron chi connectivity index (χ0n) is 15.3. The van der Waals surface area contributed by atoms with E-state index in [0.717, 1.165) is 46.9 Å². The van der Waals surface area contributed by atoms with Gasteiger partial charge < -0.3 is 20.1 Å². The van der Waals surface area contributed by atoms with Gasteiger partial charge in [-0.15, -0.1) is 0 Å². The van der Waals surface area contributed by atoms with E-state index < -0.39 is 18.3 Å². The number of nitrogens with one attached hydrogen (secondary N) is 2. The molecule has 0 unspecified atom stereocenters. The van der Waals surface area contributed by atoms with Crippen LogP contribution in [0.1, 0.15) is 29.5 Å². The molecule has 28 heavy (non-hydrogen) atoms. The lowest BCUT2D eigenvalue weighted by atomic mass is 10.1. The molecule has 2 aromatic carbocycles. The molecule has 0 saturated carbocycles. The van der Waals surface area contributed by atoms with E-state index in [1.807, 2.05) is 31.3 Å². The molecular weight excluding hydrogens is 380 g/mol. The first-order valence-electron chi connectivity index (χ1n) is 9.04. The first kappa shape index (κ1) is 18.4. The molecular formula is C21H19ClN2O4. The van der Waals surface area contributed by atoms with Gasteiger partial charge in [0.05, 0.1) is 5.02 Å². The van der Waals surface area contributed by atoms with Crippen LogP contribution in [0.4, 0.5) is 5.69 Å². The molecule has 3 N–H and O–H groups in total. The quantitative estimate of drug-likeness (QED) is 0.537. The van der Waals surface area contributed by atoms with Gasteiger partial charge in [-0.1, -0.05) is 11.6 Å². The van der Waals surface area contributed by atoms with E-state index in [2.05, 4.69) is 10.3 Å². The molecule has 1 amide bonds. The van der Waals surface area contributed by atoms with Gasteiger partial charge in [-0.3, -0.25) is 9.59 Å². The van der Waals surface area contributed by atoms with Crippen LogP contribution in [0.5, 0.6) is 11.5 Å². The third-order valence-electron chi connectivity index (χ3n) is 4.97. The summed E-state index contributed by atoms with van der Waals surface area (Å²) in [4.78, 5) is 25.8. The minimum atomic E-state index is -1.17. The SMILES string of the molecule is Cc1c[nH]c2ccc(Oc3c(Cl)cc(NC(=O)CC(=O)O)c4c3CCC4)cc12. The topological polar surface area (TPSA) is 91.4 Å². The van der Waals surface area contributed by atoms with Crippen molar-refractivity contribution in [1.29, 1.82) is 0 Å². The van der Waals surface area contributed by atoms with Crippen LogP contribution in [-0.2, 0) is 22.4 Å². The second-order valence-electron chi connectivity index (χ2n) is 6.95. The number of carbonyl (C=O) groups excluding carboxylic acids is 1. The summed E-state index contributed by atoms with van der Waals surface area (Å²) in [6, 6.07) is 7.47. The molecule has 0 atom stereocenters. The summed E-state index contributed by atoms with van der Waals surface area (Å²) < 4.78 is 6.16. The molecule has 0 spiro atoms. The fourth-order valence-electron chi connectivity index (χ4n) is 3.69. The summed E-state index contributed by atoms with van der Waals surface area (Å²) >= 11 is 6.48. The largest absolute Gasteiger partial charge is 0.481 e. The molecule has 0 radical (unpaired) electrons. The second kappa shape index (κ2) is 7.20. The number of hydrogen-bond acceptors (Lipinski definition) is 3. The number of carboxylic acid groups (broad SMARTS) is 1. The Kier molecular flexibility index (Phi) is 4.73. The Morgan fingerprint density at radius 2 is 2.04 bits per heavy atom. The molecule has 0 aliphatic heterocycles. The molecule has 1 aromatic heterocycles. The molecule has 7 heteroatoms. The number of halogens is 1. The van der Waals surface area contributed by atoms with Crippen molar-refractivity contribution in [2.24, 2.45) is 0 Å². The van der Waals surface area contributed by atoms with Crippen LogP contribution in [-0.4, -0.2) is 22.0 Å². The second-order valence-corrected chi connectivity index (χ2v) is 7.35. The van der Waals surface area contributed by atoms with Gasteiger partial charge in [-0.25, -0.2) is 0 Å². The van der Waals surface area contributed by atoms with Crippen molar-refractivity contribution in [3.05, 3.63) is 52.2 Å². The van der Waals surface area contributed by atoms with Crippen molar-refractivity contribution in [1.82, 2.24) is 4.98 Å². The number of benzene rings is 2. The number of fused-ring (bicyclic) bond motifs is 2. The number of anilines is 1. The van der Waals surface area contributed by atoms with Gasteiger partial charge in [0.15, 0.2) is 0 Å². The summed E-state index contributed by atoms with van der Waals surface area (Å²) in [6.07, 6.45) is 3.86. The lowest BCUT2D eigenvalue weighted by molar-refractivity contribution is -0.139. The van der Waals surface area contributed by atoms with Crippen LogP contribution in [0.25, 0.3) is 10.9 Å². The molecule has 1 heterocycles. The van der Waals surface area contributed by atoms with Crippen molar-refractivity contribution in [3.63, 3.8) is 0 Å². The number of aliphatic carboxylic acids is 1. The van der Waals surface area contributed by atoms with Crippen LogP contribution in [0.2, 0.25) is 5.02 Å². The molecule has 0 fully saturated rings. The molecule has 3 aromatic rings. The number of aromatic amines is 1. The standard InChI is InChI=1S/C21H19ClN2O4/c1-11-10-23-17-6-5-12(7-15(11)17)28-21-14-4-2-3-13(14)18(8-16(21)22)24-19(25)9-20(26)27/h5-8,10,23H,2-4,9H2,1H3,(H,24,25)(H,26,27). The number of amides is 1. The molecule has 6 nitrogen and oxygen atoms in total. The third-order valence-corrected chi connectivity index (χ3v) is 5.25. The van der Waals surface area contributed by atoms with E-state index >= 15 is 0 Å². The lowest BCUT2D eigenvalue weighted by Gasteiger charge is -2.16. The third kappa shape index (κ3) is 3.43. The summed E-state index contributed by atoms with van der Waals surface area (Å²) in [7, 11) is 0. The number of H-pyrrole nitrogens is 1. The number of carboxylic acids is 1. The predicted octanol–water partition coefficient (Wildman–Crippen LogP) is 4.82. The molecule has 1 aliphatic carbocycles. The maximum Gasteiger partial charge on any atom is 0.312 e. The summed E-state index contributed by atoms with van der Waals surface area (Å²) in [5.74, 6) is -0.456. The summed E-state index contributed by atoms with van der Waals surface area (Å²) in [6.45, 7) is 2.03. The monoisotopic (exact) mass is 398 g/mol. The van der Waals surface area contributed by atoms with Gasteiger partial charge in [0.25, 0.3) is 0 Å². The minimum absolute atomic E-state index is 0.386. The lowest BCUT2D eigenvalue weighted by Crippen LogP contribution is -2.17. The van der Waals surface area contributed by atoms with E-state index in [0.29, 0.717) is 22.2 Å². The van der Waals surface area contributed by atoms with E-state index in [9.17, 15) is 9.59 Å². The highest BCUT2D eigenvalue weighted by molar-refractivity contribution is 6.32. The maximum atomic E-state index is 11.9. The van der Waals surface area contributed by atoms with Gasteiger partial charge in [0.2, 0.25) is 5.91 Å². The summed E-state index contributed by atoms with van der Waals surface area (Å²) in [5, 5.41) is 12.9. The molecule has 4 rings (SSSR count). The van der Waals surface area contributed by atoms with Crippen molar-refractivity contribution < 1.29 is 19.4 Å². The van der Waals surface area contributed by atoms with Crippen molar-refractivity contribution in [2.45, 2.75) is 32.6 Å². The Morgan fingerprint density at radius 3 is 2.82 bits per heavy atom. The molecule has 0 bridgehead atoms. The maximum absolute atomic E-state index is 11.9. The fraction of sp³-hybridized carbons (Fsp3) is 0.238. The highest BCUT2D eigenvalue weighted by atomic mass is 35.5. The summed E-state index contributed by atoms with van der Waals surface area (Å²) in [5.41, 5.74) is 4.65. The Balaban J connectivity index is 1.67. The van der Waals surface area contributed by atoms with Gasteiger partial charge in [0, 0.05) is 28.4 Å². The number of aryl methyl sites for hydroxylation is 1. The molecule has 144 valence electrons. The first-order chi connectivity index (χ1) is 13.4. The van der Waals surface area contributed by atoms with Crippen LogP contribution in [0, 0.1) is 6.92 Å². The van der Waals surface area contributed by atoms with E-state index in [-0.39, 0.29) is 0 Å². The molecule has 0 saturated heterocycles. The van der Waals surface area contributed by atoms with Crippen LogP contribution in [0.3, 0.4) is 0 Å². The Morgan fingerprint density at radius 1 is 1.25 bits per heavy atom. The van der Waals surface area contributed by atoms with Gasteiger partial charge in [0.1, 0.15) is 17.9 Å². The Labute approximate surface area is 166 Å². The number of hydrogen-bond donors (Lipinski definition) is 3.